The number of aliphatic imine (C=N–C) groups is 1. The fraction of sp³-hybridized carbons (Fsp3) is 0.474. The first-order valence-electron chi connectivity index (χ1n) is 8.77. The van der Waals surface area contributed by atoms with E-state index in [9.17, 15) is 8.78 Å². The average Bonchev–Trinajstić information content (AvgIpc) is 3.08. The summed E-state index contributed by atoms with van der Waals surface area (Å²) in [5, 5.41) is 9.48. The second-order valence-corrected chi connectivity index (χ2v) is 7.92. The van der Waals surface area contributed by atoms with Crippen molar-refractivity contribution in [2.45, 2.75) is 32.6 Å². The van der Waals surface area contributed by atoms with Crippen LogP contribution in [0.15, 0.2) is 28.6 Å². The summed E-state index contributed by atoms with van der Waals surface area (Å²) in [7, 11) is 1.68. The highest BCUT2D eigenvalue weighted by Gasteiger charge is 2.17. The topological polar surface area (TPSA) is 58.5 Å². The number of rotatable bonds is 7. The molecule has 1 aromatic heterocycles. The first kappa shape index (κ1) is 24.5. The van der Waals surface area contributed by atoms with Crippen molar-refractivity contribution in [1.29, 1.82) is 0 Å². The molecule has 156 valence electrons. The van der Waals surface area contributed by atoms with Gasteiger partial charge in [-0.3, -0.25) is 4.99 Å². The van der Waals surface area contributed by atoms with Crippen molar-refractivity contribution in [3.05, 3.63) is 45.9 Å². The Kier molecular flexibility index (Phi) is 10.1. The maximum Gasteiger partial charge on any atom is 0.191 e. The van der Waals surface area contributed by atoms with Gasteiger partial charge in [0.05, 0.1) is 17.2 Å². The highest BCUT2D eigenvalue weighted by molar-refractivity contribution is 14.0. The van der Waals surface area contributed by atoms with Crippen LogP contribution in [-0.4, -0.2) is 37.7 Å². The highest BCUT2D eigenvalue weighted by Crippen LogP contribution is 2.23. The highest BCUT2D eigenvalue weighted by atomic mass is 127. The standard InChI is InChI=1S/C19H26F2N4OS.HI/c1-19(2,3)16-12-27-17(25-16)7-8-23-18(22-4)24-9-10-26-15-6-5-13(20)11-14(15)21;/h5-6,11-12H,7-10H2,1-4H3,(H2,22,23,24);1H. The predicted octanol–water partition coefficient (Wildman–Crippen LogP) is 4.12. The Hall–Kier alpha value is -1.49. The molecule has 0 unspecified atom stereocenters. The zero-order valence-corrected chi connectivity index (χ0v) is 19.7. The van der Waals surface area contributed by atoms with Gasteiger partial charge in [-0.05, 0) is 12.1 Å². The second kappa shape index (κ2) is 11.5. The maximum atomic E-state index is 13.5. The van der Waals surface area contributed by atoms with Crippen LogP contribution in [0, 0.1) is 11.6 Å². The van der Waals surface area contributed by atoms with Crippen LogP contribution in [-0.2, 0) is 11.8 Å². The molecule has 0 saturated heterocycles. The fourth-order valence-corrected chi connectivity index (χ4v) is 3.23. The molecule has 0 atom stereocenters. The third-order valence-corrected chi connectivity index (χ3v) is 4.63. The van der Waals surface area contributed by atoms with E-state index in [1.54, 1.807) is 18.4 Å². The number of thiazole rings is 1. The number of nitrogens with zero attached hydrogens (tertiary/aromatic N) is 2. The minimum absolute atomic E-state index is 0. The van der Waals surface area contributed by atoms with E-state index in [2.05, 4.69) is 46.8 Å². The van der Waals surface area contributed by atoms with E-state index in [0.717, 1.165) is 29.3 Å². The molecule has 0 fully saturated rings. The summed E-state index contributed by atoms with van der Waals surface area (Å²) in [5.41, 5.74) is 1.17. The summed E-state index contributed by atoms with van der Waals surface area (Å²) in [6.45, 7) is 7.80. The Bertz CT molecular complexity index is 778. The minimum Gasteiger partial charge on any atom is -0.489 e. The molecule has 2 N–H and O–H groups in total. The van der Waals surface area contributed by atoms with Crippen LogP contribution in [0.1, 0.15) is 31.5 Å². The monoisotopic (exact) mass is 524 g/mol. The molecule has 0 aliphatic carbocycles. The minimum atomic E-state index is -0.712. The first-order valence-corrected chi connectivity index (χ1v) is 9.65. The first-order chi connectivity index (χ1) is 12.8. The molecule has 2 rings (SSSR count). The molecule has 0 bridgehead atoms. The van der Waals surface area contributed by atoms with Crippen molar-refractivity contribution in [2.75, 3.05) is 26.7 Å². The van der Waals surface area contributed by atoms with Gasteiger partial charge in [-0.25, -0.2) is 13.8 Å². The quantitative estimate of drug-likeness (QED) is 0.248. The van der Waals surface area contributed by atoms with Crippen molar-refractivity contribution in [1.82, 2.24) is 15.6 Å². The largest absolute Gasteiger partial charge is 0.489 e. The number of guanidine groups is 1. The fourth-order valence-electron chi connectivity index (χ4n) is 2.20. The molecule has 0 saturated carbocycles. The van der Waals surface area contributed by atoms with E-state index in [0.29, 0.717) is 19.0 Å². The van der Waals surface area contributed by atoms with Crippen molar-refractivity contribution in [3.63, 3.8) is 0 Å². The summed E-state index contributed by atoms with van der Waals surface area (Å²) in [6.07, 6.45) is 0.804. The number of hydrogen-bond acceptors (Lipinski definition) is 4. The average molecular weight is 524 g/mol. The molecule has 0 radical (unpaired) electrons. The van der Waals surface area contributed by atoms with Gasteiger partial charge in [0.2, 0.25) is 0 Å². The Labute approximate surface area is 186 Å². The summed E-state index contributed by atoms with van der Waals surface area (Å²) >= 11 is 1.66. The SMILES string of the molecule is CN=C(NCCOc1ccc(F)cc1F)NCCc1nc(C(C)(C)C)cs1.I. The summed E-state index contributed by atoms with van der Waals surface area (Å²) < 4.78 is 31.6. The van der Waals surface area contributed by atoms with Gasteiger partial charge in [0, 0.05) is 36.9 Å². The van der Waals surface area contributed by atoms with Gasteiger partial charge in [0.15, 0.2) is 17.5 Å². The Morgan fingerprint density at radius 1 is 1.21 bits per heavy atom. The van der Waals surface area contributed by atoms with Gasteiger partial charge >= 0.3 is 0 Å². The van der Waals surface area contributed by atoms with Gasteiger partial charge in [-0.15, -0.1) is 35.3 Å². The van der Waals surface area contributed by atoms with Gasteiger partial charge in [0.1, 0.15) is 12.4 Å². The summed E-state index contributed by atoms with van der Waals surface area (Å²) in [4.78, 5) is 8.80. The van der Waals surface area contributed by atoms with E-state index in [1.165, 1.54) is 6.07 Å². The number of nitrogens with one attached hydrogen (secondary N) is 2. The molecule has 5 nitrogen and oxygen atoms in total. The number of aromatic nitrogens is 1. The third-order valence-electron chi connectivity index (χ3n) is 3.72. The van der Waals surface area contributed by atoms with Gasteiger partial charge in [-0.1, -0.05) is 20.8 Å². The van der Waals surface area contributed by atoms with Crippen molar-refractivity contribution < 1.29 is 13.5 Å². The molecule has 2 aromatic rings. The van der Waals surface area contributed by atoms with Gasteiger partial charge < -0.3 is 15.4 Å². The molecule has 9 heteroatoms. The molecular formula is C19H27F2IN4OS. The number of halogens is 3. The molecule has 0 amide bonds. The van der Waals surface area contributed by atoms with Crippen LogP contribution in [0.25, 0.3) is 0 Å². The van der Waals surface area contributed by atoms with Crippen molar-refractivity contribution >= 4 is 41.3 Å². The van der Waals surface area contributed by atoms with E-state index in [-0.39, 0.29) is 41.7 Å². The molecule has 1 aromatic carbocycles. The maximum absolute atomic E-state index is 13.5. The lowest BCUT2D eigenvalue weighted by Gasteiger charge is -2.14. The third kappa shape index (κ3) is 7.86. The number of ether oxygens (including phenoxy) is 1. The molecule has 1 heterocycles. The van der Waals surface area contributed by atoms with Crippen molar-refractivity contribution in [3.8, 4) is 5.75 Å². The van der Waals surface area contributed by atoms with E-state index in [4.69, 9.17) is 4.74 Å². The molecule has 28 heavy (non-hydrogen) atoms. The van der Waals surface area contributed by atoms with Crippen LogP contribution >= 0.6 is 35.3 Å². The van der Waals surface area contributed by atoms with Crippen LogP contribution in [0.2, 0.25) is 0 Å². The number of benzene rings is 1. The molecule has 0 aliphatic heterocycles. The van der Waals surface area contributed by atoms with Crippen LogP contribution < -0.4 is 15.4 Å². The Morgan fingerprint density at radius 2 is 1.93 bits per heavy atom. The lowest BCUT2D eigenvalue weighted by atomic mass is 9.93. The lowest BCUT2D eigenvalue weighted by molar-refractivity contribution is 0.304. The van der Waals surface area contributed by atoms with Crippen LogP contribution in [0.3, 0.4) is 0 Å². The Morgan fingerprint density at radius 3 is 2.54 bits per heavy atom. The summed E-state index contributed by atoms with van der Waals surface area (Å²) in [5.74, 6) is -0.682. The zero-order chi connectivity index (χ0) is 19.9. The molecular weight excluding hydrogens is 497 g/mol. The zero-order valence-electron chi connectivity index (χ0n) is 16.5. The summed E-state index contributed by atoms with van der Waals surface area (Å²) in [6, 6.07) is 3.24. The van der Waals surface area contributed by atoms with E-state index in [1.807, 2.05) is 0 Å². The van der Waals surface area contributed by atoms with Crippen LogP contribution in [0.5, 0.6) is 5.75 Å². The van der Waals surface area contributed by atoms with Crippen LogP contribution in [0.4, 0.5) is 8.78 Å². The van der Waals surface area contributed by atoms with Gasteiger partial charge in [0.25, 0.3) is 0 Å². The normalized spacial score (nSPS) is 11.7. The predicted molar refractivity (Wildman–Crippen MR) is 121 cm³/mol. The number of hydrogen-bond donors (Lipinski definition) is 2. The van der Waals surface area contributed by atoms with E-state index >= 15 is 0 Å². The molecule has 0 aliphatic rings. The van der Waals surface area contributed by atoms with E-state index < -0.39 is 11.6 Å². The van der Waals surface area contributed by atoms with Crippen molar-refractivity contribution in [2.24, 2.45) is 4.99 Å². The molecule has 0 spiro atoms. The smallest absolute Gasteiger partial charge is 0.191 e. The Balaban J connectivity index is 0.00000392. The second-order valence-electron chi connectivity index (χ2n) is 6.98. The van der Waals surface area contributed by atoms with Gasteiger partial charge in [-0.2, -0.15) is 0 Å². The lowest BCUT2D eigenvalue weighted by Crippen LogP contribution is -2.40.